The van der Waals surface area contributed by atoms with Gasteiger partial charge in [0.2, 0.25) is 0 Å². The number of pyridine rings is 1. The minimum Gasteiger partial charge on any atom is -0.379 e. The van der Waals surface area contributed by atoms with E-state index in [1.165, 1.54) is 11.3 Å². The van der Waals surface area contributed by atoms with E-state index in [1.54, 1.807) is 12.4 Å². The normalized spacial score (nSPS) is 16.2. The van der Waals surface area contributed by atoms with Crippen LogP contribution in [-0.4, -0.2) is 36.4 Å². The van der Waals surface area contributed by atoms with Gasteiger partial charge >= 0.3 is 0 Å². The van der Waals surface area contributed by atoms with E-state index in [9.17, 15) is 4.79 Å². The molecule has 2 aromatic rings. The van der Waals surface area contributed by atoms with Crippen LogP contribution in [0.3, 0.4) is 0 Å². The summed E-state index contributed by atoms with van der Waals surface area (Å²) in [6.07, 6.45) is 4.64. The van der Waals surface area contributed by atoms with E-state index in [0.717, 1.165) is 30.2 Å². The molecular formula is C18H22ClN3O3S. The second kappa shape index (κ2) is 9.32. The zero-order chi connectivity index (χ0) is 18.4. The number of ether oxygens (including phenoxy) is 2. The lowest BCUT2D eigenvalue weighted by Crippen LogP contribution is -2.37. The van der Waals surface area contributed by atoms with E-state index in [2.05, 4.69) is 15.6 Å². The van der Waals surface area contributed by atoms with Crippen molar-refractivity contribution >= 4 is 34.5 Å². The summed E-state index contributed by atoms with van der Waals surface area (Å²) in [7, 11) is 0. The number of amides is 1. The first-order chi connectivity index (χ1) is 12.6. The van der Waals surface area contributed by atoms with Crippen LogP contribution in [0.25, 0.3) is 0 Å². The van der Waals surface area contributed by atoms with E-state index in [-0.39, 0.29) is 18.2 Å². The highest BCUT2D eigenvalue weighted by Crippen LogP contribution is 2.20. The zero-order valence-corrected chi connectivity index (χ0v) is 16.1. The molecule has 1 fully saturated rings. The summed E-state index contributed by atoms with van der Waals surface area (Å²) in [4.78, 5) is 18.2. The Hall–Kier alpha value is -1.67. The summed E-state index contributed by atoms with van der Waals surface area (Å²) in [5.41, 5.74) is 0.845. The number of anilines is 1. The molecule has 3 heterocycles. The third kappa shape index (κ3) is 5.67. The van der Waals surface area contributed by atoms with Gasteiger partial charge in [-0.2, -0.15) is 0 Å². The predicted molar refractivity (Wildman–Crippen MR) is 103 cm³/mol. The number of halogens is 1. The smallest absolute Gasteiger partial charge is 0.261 e. The Balaban J connectivity index is 1.47. The van der Waals surface area contributed by atoms with Crippen molar-refractivity contribution < 1.29 is 14.3 Å². The van der Waals surface area contributed by atoms with Crippen molar-refractivity contribution in [2.24, 2.45) is 0 Å². The van der Waals surface area contributed by atoms with Gasteiger partial charge in [0.05, 0.1) is 35.0 Å². The molecule has 0 radical (unpaired) electrons. The number of carbonyl (C=O) groups is 1. The number of aromatic nitrogens is 1. The van der Waals surface area contributed by atoms with E-state index in [1.807, 2.05) is 25.1 Å². The highest BCUT2D eigenvalue weighted by atomic mass is 35.5. The monoisotopic (exact) mass is 395 g/mol. The van der Waals surface area contributed by atoms with Crippen LogP contribution in [-0.2, 0) is 16.0 Å². The van der Waals surface area contributed by atoms with Crippen LogP contribution in [0.1, 0.15) is 34.3 Å². The van der Waals surface area contributed by atoms with Crippen molar-refractivity contribution in [3.8, 4) is 0 Å². The van der Waals surface area contributed by atoms with Gasteiger partial charge in [-0.3, -0.25) is 9.78 Å². The molecule has 0 bridgehead atoms. The average Bonchev–Trinajstić information content (AvgIpc) is 3.10. The molecule has 26 heavy (non-hydrogen) atoms. The largest absolute Gasteiger partial charge is 0.379 e. The lowest BCUT2D eigenvalue weighted by Gasteiger charge is -2.25. The van der Waals surface area contributed by atoms with E-state index >= 15 is 0 Å². The van der Waals surface area contributed by atoms with Crippen LogP contribution in [0, 0.1) is 0 Å². The van der Waals surface area contributed by atoms with E-state index in [4.69, 9.17) is 21.1 Å². The standard InChI is InChI=1S/C18H22ClN3O3S/c1-12(7-17-24-5-2-6-25-17)22-18(23)16-4-3-15(26-16)11-21-14-8-13(19)9-20-10-14/h3-4,8-10,12,17,21H,2,5-7,11H2,1H3,(H,22,23). The fourth-order valence-electron chi connectivity index (χ4n) is 2.61. The number of nitrogens with one attached hydrogen (secondary N) is 2. The first kappa shape index (κ1) is 19.1. The third-order valence-electron chi connectivity index (χ3n) is 3.88. The summed E-state index contributed by atoms with van der Waals surface area (Å²) in [5.74, 6) is -0.0750. The number of rotatable bonds is 7. The second-order valence-electron chi connectivity index (χ2n) is 6.15. The molecule has 1 unspecified atom stereocenters. The summed E-state index contributed by atoms with van der Waals surface area (Å²) < 4.78 is 11.1. The molecule has 1 amide bonds. The number of thiophene rings is 1. The highest BCUT2D eigenvalue weighted by molar-refractivity contribution is 7.14. The Kier molecular flexibility index (Phi) is 6.85. The minimum absolute atomic E-state index is 0.0215. The van der Waals surface area contributed by atoms with Gasteiger partial charge in [-0.1, -0.05) is 11.6 Å². The minimum atomic E-state index is -0.228. The molecule has 8 heteroatoms. The zero-order valence-electron chi connectivity index (χ0n) is 14.5. The number of nitrogens with zero attached hydrogens (tertiary/aromatic N) is 1. The Bertz CT molecular complexity index is 734. The highest BCUT2D eigenvalue weighted by Gasteiger charge is 2.19. The molecule has 0 aromatic carbocycles. The number of hydrogen-bond acceptors (Lipinski definition) is 6. The van der Waals surface area contributed by atoms with Gasteiger partial charge in [-0.15, -0.1) is 11.3 Å². The maximum absolute atomic E-state index is 12.4. The maximum atomic E-state index is 12.4. The van der Waals surface area contributed by atoms with Crippen LogP contribution in [0.15, 0.2) is 30.6 Å². The molecule has 0 aliphatic carbocycles. The first-order valence-electron chi connectivity index (χ1n) is 8.57. The molecule has 1 aliphatic rings. The van der Waals surface area contributed by atoms with Crippen LogP contribution >= 0.6 is 22.9 Å². The first-order valence-corrected chi connectivity index (χ1v) is 9.77. The molecule has 0 saturated carbocycles. The Morgan fingerprint density at radius 3 is 2.96 bits per heavy atom. The van der Waals surface area contributed by atoms with Gasteiger partial charge in [0, 0.05) is 30.1 Å². The molecule has 2 N–H and O–H groups in total. The molecule has 2 aromatic heterocycles. The number of hydrogen-bond donors (Lipinski definition) is 2. The van der Waals surface area contributed by atoms with Crippen molar-refractivity contribution in [2.75, 3.05) is 18.5 Å². The van der Waals surface area contributed by atoms with Crippen LogP contribution in [0.2, 0.25) is 5.02 Å². The molecule has 6 nitrogen and oxygen atoms in total. The Labute approximate surface area is 161 Å². The van der Waals surface area contributed by atoms with Crippen LogP contribution in [0.5, 0.6) is 0 Å². The van der Waals surface area contributed by atoms with Crippen molar-refractivity contribution in [3.63, 3.8) is 0 Å². The maximum Gasteiger partial charge on any atom is 0.261 e. The predicted octanol–water partition coefficient (Wildman–Crippen LogP) is 3.68. The topological polar surface area (TPSA) is 72.5 Å². The lowest BCUT2D eigenvalue weighted by atomic mass is 10.2. The molecule has 1 atom stereocenters. The second-order valence-corrected chi connectivity index (χ2v) is 7.75. The van der Waals surface area contributed by atoms with Crippen LogP contribution in [0.4, 0.5) is 5.69 Å². The lowest BCUT2D eigenvalue weighted by molar-refractivity contribution is -0.183. The SMILES string of the molecule is CC(CC1OCCCO1)NC(=O)c1ccc(CNc2cncc(Cl)c2)s1. The van der Waals surface area contributed by atoms with E-state index in [0.29, 0.717) is 22.9 Å². The van der Waals surface area contributed by atoms with Crippen LogP contribution < -0.4 is 10.6 Å². The fourth-order valence-corrected chi connectivity index (χ4v) is 3.63. The Morgan fingerprint density at radius 1 is 1.38 bits per heavy atom. The summed E-state index contributed by atoms with van der Waals surface area (Å²) in [6.45, 7) is 4.00. The third-order valence-corrected chi connectivity index (χ3v) is 5.17. The molecule has 140 valence electrons. The molecule has 1 saturated heterocycles. The van der Waals surface area contributed by atoms with Gasteiger partial charge in [0.15, 0.2) is 6.29 Å². The Morgan fingerprint density at radius 2 is 2.19 bits per heavy atom. The van der Waals surface area contributed by atoms with Crippen molar-refractivity contribution in [2.45, 2.75) is 38.6 Å². The van der Waals surface area contributed by atoms with Gasteiger partial charge in [-0.05, 0) is 31.5 Å². The quantitative estimate of drug-likeness (QED) is 0.748. The van der Waals surface area contributed by atoms with Crippen molar-refractivity contribution in [1.82, 2.24) is 10.3 Å². The fraction of sp³-hybridized carbons (Fsp3) is 0.444. The molecule has 3 rings (SSSR count). The van der Waals surface area contributed by atoms with E-state index < -0.39 is 0 Å². The van der Waals surface area contributed by atoms with Gasteiger partial charge < -0.3 is 20.1 Å². The number of carbonyl (C=O) groups excluding carboxylic acids is 1. The van der Waals surface area contributed by atoms with Gasteiger partial charge in [0.1, 0.15) is 0 Å². The van der Waals surface area contributed by atoms with Crippen molar-refractivity contribution in [1.29, 1.82) is 0 Å². The molecule has 1 aliphatic heterocycles. The van der Waals surface area contributed by atoms with Gasteiger partial charge in [-0.25, -0.2) is 0 Å². The average molecular weight is 396 g/mol. The van der Waals surface area contributed by atoms with Crippen molar-refractivity contribution in [3.05, 3.63) is 45.4 Å². The molecule has 0 spiro atoms. The van der Waals surface area contributed by atoms with Gasteiger partial charge in [0.25, 0.3) is 5.91 Å². The molecular weight excluding hydrogens is 374 g/mol. The summed E-state index contributed by atoms with van der Waals surface area (Å²) >= 11 is 7.38. The summed E-state index contributed by atoms with van der Waals surface area (Å²) in [5, 5.41) is 6.83. The summed E-state index contributed by atoms with van der Waals surface area (Å²) in [6, 6.07) is 5.58.